The monoisotopic (exact) mass is 616 g/mol. The van der Waals surface area contributed by atoms with Crippen LogP contribution in [0.2, 0.25) is 0 Å². The Bertz CT molecular complexity index is 1380. The normalized spacial score (nSPS) is 52.6. The van der Waals surface area contributed by atoms with Gasteiger partial charge in [-0.3, -0.25) is 14.4 Å². The molecule has 2 saturated heterocycles. The van der Waals surface area contributed by atoms with Gasteiger partial charge in [0.05, 0.1) is 48.8 Å². The van der Waals surface area contributed by atoms with E-state index in [9.17, 15) is 29.7 Å². The lowest BCUT2D eigenvalue weighted by atomic mass is 9.33. The number of epoxide rings is 1. The molecule has 7 rings (SSSR count). The molecule has 242 valence electrons. The highest BCUT2D eigenvalue weighted by molar-refractivity contribution is 5.87. The van der Waals surface area contributed by atoms with E-state index >= 15 is 0 Å². The summed E-state index contributed by atoms with van der Waals surface area (Å²) < 4.78 is 30.0. The van der Waals surface area contributed by atoms with Crippen molar-refractivity contribution in [3.05, 3.63) is 24.2 Å². The van der Waals surface area contributed by atoms with Crippen LogP contribution in [0.15, 0.2) is 23.0 Å². The molecular weight excluding hydrogens is 572 g/mol. The van der Waals surface area contributed by atoms with E-state index in [-0.39, 0.29) is 37.3 Å². The van der Waals surface area contributed by atoms with Gasteiger partial charge in [0.15, 0.2) is 0 Å². The molecule has 6 aliphatic rings. The van der Waals surface area contributed by atoms with Gasteiger partial charge in [-0.2, -0.15) is 0 Å². The summed E-state index contributed by atoms with van der Waals surface area (Å²) in [4.78, 5) is 40.2. The van der Waals surface area contributed by atoms with E-state index in [0.29, 0.717) is 12.8 Å². The van der Waals surface area contributed by atoms with E-state index in [1.54, 1.807) is 26.4 Å². The smallest absolute Gasteiger partial charge is 0.310 e. The molecule has 4 saturated carbocycles. The van der Waals surface area contributed by atoms with Crippen LogP contribution in [0.3, 0.4) is 0 Å². The Kier molecular flexibility index (Phi) is 6.47. The highest BCUT2D eigenvalue weighted by Gasteiger charge is 2.90. The van der Waals surface area contributed by atoms with E-state index in [2.05, 4.69) is 6.92 Å². The summed E-state index contributed by atoms with van der Waals surface area (Å²) in [5.74, 6) is -3.50. The highest BCUT2D eigenvalue weighted by atomic mass is 16.7. The van der Waals surface area contributed by atoms with E-state index in [0.717, 1.165) is 5.56 Å². The fourth-order valence-corrected chi connectivity index (χ4v) is 11.3. The number of aliphatic hydroxyl groups excluding tert-OH is 3. The van der Waals surface area contributed by atoms with Crippen LogP contribution in [0, 0.1) is 39.4 Å². The van der Waals surface area contributed by atoms with Crippen molar-refractivity contribution in [3.63, 3.8) is 0 Å². The van der Waals surface area contributed by atoms with E-state index < -0.39 is 87.7 Å². The molecule has 1 aromatic rings. The van der Waals surface area contributed by atoms with Crippen molar-refractivity contribution >= 4 is 17.7 Å². The Labute approximate surface area is 256 Å². The zero-order valence-corrected chi connectivity index (χ0v) is 26.1. The molecule has 11 heteroatoms. The molecule has 11 nitrogen and oxygen atoms in total. The van der Waals surface area contributed by atoms with E-state index in [1.165, 1.54) is 6.92 Å². The van der Waals surface area contributed by atoms with Crippen LogP contribution < -0.4 is 0 Å². The standard InChI is InChI=1S/C33H44O11/c1-7-15(2)27(39)43-28-30(5)20-11-21(36)31(6)24(32(20,14-41-28)25(38)23(37)26(30)42-16(3)34)19(35)12-29(4)18(17-8-9-40-13-17)10-22-33(29,31)44-22/h8-9,13,15,18,20-26,28,36-38H,7,10-12,14H2,1-6H3/t15-,18+,20+,21-,22-,23-,24?,25+,26-,28-,29+,30-,31-,32+,33-/m1/s1. The lowest BCUT2D eigenvalue weighted by Crippen LogP contribution is -2.83. The van der Waals surface area contributed by atoms with Gasteiger partial charge in [0.25, 0.3) is 0 Å². The number of hydrogen-bond donors (Lipinski definition) is 3. The first kappa shape index (κ1) is 30.3. The molecular formula is C33H44O11. The second kappa shape index (κ2) is 9.37. The van der Waals surface area contributed by atoms with Crippen LogP contribution in [-0.4, -0.2) is 82.1 Å². The maximum Gasteiger partial charge on any atom is 0.310 e. The number of Topliss-reactive ketones (excluding diaryl/α,β-unsaturated/α-hetero) is 1. The molecule has 0 amide bonds. The molecule has 15 atom stereocenters. The van der Waals surface area contributed by atoms with Crippen LogP contribution in [0.1, 0.15) is 78.7 Å². The Morgan fingerprint density at radius 3 is 2.50 bits per heavy atom. The molecule has 1 unspecified atom stereocenters. The van der Waals surface area contributed by atoms with Crippen molar-refractivity contribution in [2.45, 2.75) is 116 Å². The van der Waals surface area contributed by atoms with Gasteiger partial charge in [-0.25, -0.2) is 0 Å². The van der Waals surface area contributed by atoms with Gasteiger partial charge in [-0.1, -0.05) is 27.7 Å². The summed E-state index contributed by atoms with van der Waals surface area (Å²) in [5.41, 5.74) is -4.46. The van der Waals surface area contributed by atoms with Crippen LogP contribution in [0.25, 0.3) is 0 Å². The Morgan fingerprint density at radius 1 is 1.14 bits per heavy atom. The van der Waals surface area contributed by atoms with Gasteiger partial charge >= 0.3 is 11.9 Å². The van der Waals surface area contributed by atoms with Gasteiger partial charge in [0.2, 0.25) is 6.29 Å². The first-order valence-electron chi connectivity index (χ1n) is 15.9. The van der Waals surface area contributed by atoms with E-state index in [4.69, 9.17) is 23.4 Å². The number of hydrogen-bond acceptors (Lipinski definition) is 11. The molecule has 1 spiro atoms. The summed E-state index contributed by atoms with van der Waals surface area (Å²) in [6.45, 7) is 10.3. The average molecular weight is 617 g/mol. The van der Waals surface area contributed by atoms with Gasteiger partial charge in [0.1, 0.15) is 23.6 Å². The topological polar surface area (TPSA) is 165 Å². The Morgan fingerprint density at radius 2 is 1.86 bits per heavy atom. The number of carbonyl (C=O) groups is 3. The summed E-state index contributed by atoms with van der Waals surface area (Å²) in [5, 5.41) is 36.2. The minimum Gasteiger partial charge on any atom is -0.472 e. The van der Waals surface area contributed by atoms with Crippen LogP contribution >= 0.6 is 0 Å². The first-order chi connectivity index (χ1) is 20.7. The maximum atomic E-state index is 14.7. The Hall–Kier alpha value is -2.31. The fourth-order valence-electron chi connectivity index (χ4n) is 11.3. The third kappa shape index (κ3) is 3.27. The van der Waals surface area contributed by atoms with Crippen molar-refractivity contribution in [3.8, 4) is 0 Å². The molecule has 2 bridgehead atoms. The van der Waals surface area contributed by atoms with Crippen molar-refractivity contribution in [1.29, 1.82) is 0 Å². The molecule has 3 heterocycles. The number of aliphatic hydroxyl groups is 3. The predicted molar refractivity (Wildman–Crippen MR) is 151 cm³/mol. The molecule has 4 aliphatic carbocycles. The summed E-state index contributed by atoms with van der Waals surface area (Å²) in [7, 11) is 0. The molecule has 0 radical (unpaired) electrons. The summed E-state index contributed by atoms with van der Waals surface area (Å²) in [6, 6.07) is 1.91. The number of rotatable bonds is 5. The minimum absolute atomic E-state index is 0.0309. The fraction of sp³-hybridized carbons (Fsp3) is 0.788. The quantitative estimate of drug-likeness (QED) is 0.329. The molecule has 0 aromatic carbocycles. The van der Waals surface area contributed by atoms with Gasteiger partial charge in [0, 0.05) is 35.5 Å². The largest absolute Gasteiger partial charge is 0.472 e. The molecule has 3 N–H and O–H groups in total. The van der Waals surface area contributed by atoms with Crippen LogP contribution in [-0.2, 0) is 33.3 Å². The van der Waals surface area contributed by atoms with Crippen molar-refractivity contribution in [2.24, 2.45) is 39.4 Å². The third-order valence-electron chi connectivity index (χ3n) is 13.4. The zero-order chi connectivity index (χ0) is 31.8. The number of furan rings is 1. The lowest BCUT2D eigenvalue weighted by Gasteiger charge is -2.73. The van der Waals surface area contributed by atoms with Gasteiger partial charge < -0.3 is 38.7 Å². The average Bonchev–Trinajstić information content (AvgIpc) is 3.34. The Balaban J connectivity index is 1.37. The number of carbonyl (C=O) groups excluding carboxylic acids is 3. The lowest BCUT2D eigenvalue weighted by molar-refractivity contribution is -0.389. The van der Waals surface area contributed by atoms with Crippen LogP contribution in [0.4, 0.5) is 0 Å². The second-order valence-electron chi connectivity index (χ2n) is 15.1. The summed E-state index contributed by atoms with van der Waals surface area (Å²) >= 11 is 0. The highest BCUT2D eigenvalue weighted by Crippen LogP contribution is 2.82. The zero-order valence-electron chi connectivity index (χ0n) is 26.1. The first-order valence-corrected chi connectivity index (χ1v) is 15.9. The second-order valence-corrected chi connectivity index (χ2v) is 15.1. The summed E-state index contributed by atoms with van der Waals surface area (Å²) in [6.07, 6.45) is -2.27. The maximum absolute atomic E-state index is 14.7. The minimum atomic E-state index is -1.61. The van der Waals surface area contributed by atoms with Crippen molar-refractivity contribution in [2.75, 3.05) is 6.61 Å². The molecule has 1 aromatic heterocycles. The van der Waals surface area contributed by atoms with Crippen molar-refractivity contribution < 1.29 is 53.1 Å². The van der Waals surface area contributed by atoms with E-state index in [1.807, 2.05) is 19.9 Å². The molecule has 2 aliphatic heterocycles. The number of esters is 2. The van der Waals surface area contributed by atoms with Gasteiger partial charge in [-0.05, 0) is 49.7 Å². The third-order valence-corrected chi connectivity index (χ3v) is 13.4. The van der Waals surface area contributed by atoms with Crippen molar-refractivity contribution in [1.82, 2.24) is 0 Å². The van der Waals surface area contributed by atoms with Crippen LogP contribution in [0.5, 0.6) is 0 Å². The number of fused-ring (bicyclic) bond motifs is 1. The predicted octanol–water partition coefficient (Wildman–Crippen LogP) is 2.49. The molecule has 44 heavy (non-hydrogen) atoms. The number of ether oxygens (including phenoxy) is 4. The SMILES string of the molecule is CC[C@@H](C)C(=O)O[C@H]1OC[C@@]23C4C(=O)C[C@@]5(C)[C@H](c6ccoc6)C[C@H]6O[C@]65[C@]4(C)[C@H](O)C[C@H]2[C@]1(C)[C@H](OC(C)=O)[C@H](O)[C@@H]3O. The van der Waals surface area contributed by atoms with Gasteiger partial charge in [-0.15, -0.1) is 0 Å². The number of ketones is 1. The molecule has 6 fully saturated rings.